The molecule has 236 valence electrons. The molecule has 3 amide bonds. The summed E-state index contributed by atoms with van der Waals surface area (Å²) in [5.41, 5.74) is 4.29. The Morgan fingerprint density at radius 3 is 2.43 bits per heavy atom. The number of likely N-dealkylation sites (tertiary alicyclic amines) is 1. The molecule has 9 heteroatoms. The van der Waals surface area contributed by atoms with Crippen molar-refractivity contribution in [3.8, 4) is 28.4 Å². The SMILES string of the molecule is COc1cc2ccc1OCC(=O)N[C@@H]1CN(C(=O)c3ccccc3-c3ccccc3)CC[C@H]1Oc1ccc(cc1)CNC(=O)CC2. The first kappa shape index (κ1) is 30.7. The van der Waals surface area contributed by atoms with Gasteiger partial charge in [0.15, 0.2) is 18.1 Å². The first-order chi connectivity index (χ1) is 22.5. The zero-order valence-electron chi connectivity index (χ0n) is 25.7. The molecule has 9 nitrogen and oxygen atoms in total. The van der Waals surface area contributed by atoms with Crippen LogP contribution in [0.3, 0.4) is 0 Å². The number of hydrogen-bond acceptors (Lipinski definition) is 6. The zero-order valence-corrected chi connectivity index (χ0v) is 25.7. The molecule has 0 unspecified atom stereocenters. The molecule has 46 heavy (non-hydrogen) atoms. The van der Waals surface area contributed by atoms with Gasteiger partial charge < -0.3 is 29.7 Å². The average molecular weight is 620 g/mol. The lowest BCUT2D eigenvalue weighted by molar-refractivity contribution is -0.125. The molecule has 1 fully saturated rings. The highest BCUT2D eigenvalue weighted by Gasteiger charge is 2.35. The molecule has 0 radical (unpaired) electrons. The van der Waals surface area contributed by atoms with Gasteiger partial charge in [0, 0.05) is 38.0 Å². The van der Waals surface area contributed by atoms with E-state index in [1.807, 2.05) is 91.0 Å². The lowest BCUT2D eigenvalue weighted by Gasteiger charge is -2.39. The predicted molar refractivity (Wildman–Crippen MR) is 174 cm³/mol. The van der Waals surface area contributed by atoms with Gasteiger partial charge in [-0.15, -0.1) is 0 Å². The van der Waals surface area contributed by atoms with Crippen LogP contribution in [0.5, 0.6) is 17.2 Å². The first-order valence-electron chi connectivity index (χ1n) is 15.5. The lowest BCUT2D eigenvalue weighted by atomic mass is 9.96. The molecule has 5 heterocycles. The second-order valence-corrected chi connectivity index (χ2v) is 11.5. The molecule has 2 atom stereocenters. The number of nitrogens with one attached hydrogen (secondary N) is 2. The van der Waals surface area contributed by atoms with Gasteiger partial charge in [0.2, 0.25) is 5.91 Å². The minimum atomic E-state index is -0.494. The highest BCUT2D eigenvalue weighted by atomic mass is 16.5. The second-order valence-electron chi connectivity index (χ2n) is 11.5. The summed E-state index contributed by atoms with van der Waals surface area (Å²) in [6, 6.07) is 29.9. The summed E-state index contributed by atoms with van der Waals surface area (Å²) in [5.74, 6) is 1.04. The van der Waals surface area contributed by atoms with Crippen molar-refractivity contribution in [2.24, 2.45) is 0 Å². The van der Waals surface area contributed by atoms with E-state index in [1.54, 1.807) is 11.0 Å². The van der Waals surface area contributed by atoms with E-state index in [0.29, 0.717) is 55.2 Å². The number of carbonyl (C=O) groups excluding carboxylic acids is 3. The smallest absolute Gasteiger partial charge is 0.258 e. The molecule has 0 aliphatic carbocycles. The number of methoxy groups -OCH3 is 1. The van der Waals surface area contributed by atoms with E-state index >= 15 is 0 Å². The Balaban J connectivity index is 1.25. The van der Waals surface area contributed by atoms with Gasteiger partial charge in [-0.25, -0.2) is 0 Å². The molecule has 0 spiro atoms. The van der Waals surface area contributed by atoms with Gasteiger partial charge in [-0.2, -0.15) is 0 Å². The van der Waals surface area contributed by atoms with Crippen LogP contribution < -0.4 is 24.8 Å². The third kappa shape index (κ3) is 7.31. The molecule has 9 rings (SSSR count). The molecular formula is C37H37N3O6. The van der Waals surface area contributed by atoms with Crippen LogP contribution in [0.15, 0.2) is 97.1 Å². The van der Waals surface area contributed by atoms with Crippen molar-refractivity contribution in [3.63, 3.8) is 0 Å². The number of nitrogens with zero attached hydrogens (tertiary/aromatic N) is 1. The van der Waals surface area contributed by atoms with Gasteiger partial charge >= 0.3 is 0 Å². The monoisotopic (exact) mass is 619 g/mol. The predicted octanol–water partition coefficient (Wildman–Crippen LogP) is 4.78. The Bertz CT molecular complexity index is 1690. The van der Waals surface area contributed by atoms with E-state index in [-0.39, 0.29) is 37.0 Å². The van der Waals surface area contributed by atoms with Crippen LogP contribution in [-0.4, -0.2) is 61.6 Å². The number of ether oxygens (including phenoxy) is 3. The fraction of sp³-hybridized carbons (Fsp3) is 0.270. The number of amides is 3. The molecule has 2 N–H and O–H groups in total. The molecule has 5 aliphatic heterocycles. The van der Waals surface area contributed by atoms with Crippen LogP contribution in [0, 0.1) is 0 Å². The fourth-order valence-corrected chi connectivity index (χ4v) is 5.89. The van der Waals surface area contributed by atoms with Crippen molar-refractivity contribution in [1.29, 1.82) is 0 Å². The standard InChI is InChI=1S/C37H37N3O6/c1-44-34-21-25-13-17-33(34)45-24-36(42)39-31-23-40(37(43)30-10-6-5-9-29(30)27-7-3-2-4-8-27)20-19-32(31)46-28-15-11-26(12-16-28)22-38-35(41)18-14-25/h2-13,15-17,21,31-32H,14,18-20,22-24H2,1H3,(H,38,41)(H,39,42)/t31-,32-/m1/s1. The fourth-order valence-electron chi connectivity index (χ4n) is 5.89. The van der Waals surface area contributed by atoms with Crippen LogP contribution in [0.1, 0.15) is 34.3 Å². The maximum atomic E-state index is 14.0. The molecule has 4 aromatic rings. The Hall–Kier alpha value is -5.31. The highest BCUT2D eigenvalue weighted by Crippen LogP contribution is 2.29. The molecule has 0 saturated carbocycles. The zero-order chi connectivity index (χ0) is 31.9. The van der Waals surface area contributed by atoms with Crippen molar-refractivity contribution < 1.29 is 28.6 Å². The third-order valence-corrected chi connectivity index (χ3v) is 8.35. The van der Waals surface area contributed by atoms with Crippen LogP contribution in [0.2, 0.25) is 0 Å². The number of piperidine rings is 1. The van der Waals surface area contributed by atoms with Crippen LogP contribution >= 0.6 is 0 Å². The highest BCUT2D eigenvalue weighted by molar-refractivity contribution is 6.01. The summed E-state index contributed by atoms with van der Waals surface area (Å²) in [6.07, 6.45) is 0.984. The maximum Gasteiger partial charge on any atom is 0.258 e. The molecular weight excluding hydrogens is 582 g/mol. The maximum absolute atomic E-state index is 14.0. The number of carbonyl (C=O) groups is 3. The Kier molecular flexibility index (Phi) is 9.48. The number of aryl methyl sites for hydroxylation is 1. The van der Waals surface area contributed by atoms with Gasteiger partial charge in [0.05, 0.1) is 13.2 Å². The Morgan fingerprint density at radius 1 is 0.870 bits per heavy atom. The van der Waals surface area contributed by atoms with Gasteiger partial charge in [0.1, 0.15) is 11.9 Å². The summed E-state index contributed by atoms with van der Waals surface area (Å²) < 4.78 is 17.8. The second kappa shape index (κ2) is 14.2. The van der Waals surface area contributed by atoms with E-state index < -0.39 is 6.04 Å². The van der Waals surface area contributed by atoms with E-state index in [1.165, 1.54) is 7.11 Å². The van der Waals surface area contributed by atoms with E-state index in [0.717, 1.165) is 22.3 Å². The molecule has 1 saturated heterocycles. The molecule has 5 aliphatic rings. The van der Waals surface area contributed by atoms with Gasteiger partial charge in [-0.1, -0.05) is 66.7 Å². The number of hydrogen-bond donors (Lipinski definition) is 2. The normalized spacial score (nSPS) is 18.8. The first-order valence-corrected chi connectivity index (χ1v) is 15.5. The molecule has 0 aromatic heterocycles. The summed E-state index contributed by atoms with van der Waals surface area (Å²) in [7, 11) is 1.54. The molecule has 4 aromatic carbocycles. The van der Waals surface area contributed by atoms with Gasteiger partial charge in [-0.05, 0) is 59.0 Å². The van der Waals surface area contributed by atoms with Crippen molar-refractivity contribution in [2.75, 3.05) is 26.8 Å². The van der Waals surface area contributed by atoms with E-state index in [2.05, 4.69) is 10.6 Å². The van der Waals surface area contributed by atoms with Crippen LogP contribution in [-0.2, 0) is 22.6 Å². The quantitative estimate of drug-likeness (QED) is 0.342. The molecule has 4 bridgehead atoms. The summed E-state index contributed by atoms with van der Waals surface area (Å²) >= 11 is 0. The number of benzene rings is 4. The summed E-state index contributed by atoms with van der Waals surface area (Å²) in [5, 5.41) is 6.05. The summed E-state index contributed by atoms with van der Waals surface area (Å²) in [4.78, 5) is 41.5. The minimum Gasteiger partial charge on any atom is -0.493 e. The average Bonchev–Trinajstić information content (AvgIpc) is 3.10. The van der Waals surface area contributed by atoms with Crippen LogP contribution in [0.4, 0.5) is 0 Å². The summed E-state index contributed by atoms with van der Waals surface area (Å²) in [6.45, 7) is 0.878. The topological polar surface area (TPSA) is 106 Å². The van der Waals surface area contributed by atoms with Gasteiger partial charge in [0.25, 0.3) is 11.8 Å². The van der Waals surface area contributed by atoms with E-state index in [4.69, 9.17) is 14.2 Å². The largest absolute Gasteiger partial charge is 0.493 e. The Morgan fingerprint density at radius 2 is 1.63 bits per heavy atom. The Labute approximate surface area is 268 Å². The van der Waals surface area contributed by atoms with Crippen LogP contribution in [0.25, 0.3) is 11.1 Å². The van der Waals surface area contributed by atoms with Crippen molar-refractivity contribution in [3.05, 3.63) is 114 Å². The van der Waals surface area contributed by atoms with Crippen molar-refractivity contribution in [1.82, 2.24) is 15.5 Å². The lowest BCUT2D eigenvalue weighted by Crippen LogP contribution is -2.58. The minimum absolute atomic E-state index is 0.0544. The van der Waals surface area contributed by atoms with Gasteiger partial charge in [-0.3, -0.25) is 14.4 Å². The van der Waals surface area contributed by atoms with Crippen molar-refractivity contribution in [2.45, 2.75) is 38.0 Å². The van der Waals surface area contributed by atoms with E-state index in [9.17, 15) is 14.4 Å². The number of rotatable bonds is 3. The van der Waals surface area contributed by atoms with Crippen molar-refractivity contribution >= 4 is 17.7 Å². The third-order valence-electron chi connectivity index (χ3n) is 8.35.